The Kier molecular flexibility index (Phi) is 7.06. The second kappa shape index (κ2) is 9.27. The van der Waals surface area contributed by atoms with E-state index in [1.54, 1.807) is 18.2 Å². The predicted octanol–water partition coefficient (Wildman–Crippen LogP) is 2.86. The number of nitrogens with one attached hydrogen (secondary N) is 1. The molecule has 2 rings (SSSR count). The number of amides is 1. The minimum atomic E-state index is -0.500. The summed E-state index contributed by atoms with van der Waals surface area (Å²) >= 11 is 1.51. The largest absolute Gasteiger partial charge is 0.493 e. The average Bonchev–Trinajstić information content (AvgIpc) is 3.01. The molecule has 7 nitrogen and oxygen atoms in total. The summed E-state index contributed by atoms with van der Waals surface area (Å²) in [5, 5.41) is 2.70. The van der Waals surface area contributed by atoms with E-state index in [-0.39, 0.29) is 13.2 Å². The smallest absolute Gasteiger partial charge is 0.339 e. The van der Waals surface area contributed by atoms with Gasteiger partial charge in [-0.3, -0.25) is 4.79 Å². The Morgan fingerprint density at radius 2 is 1.63 bits per heavy atom. The van der Waals surface area contributed by atoms with Gasteiger partial charge >= 0.3 is 5.97 Å². The number of aryl methyl sites for hydroxylation is 2. The maximum Gasteiger partial charge on any atom is 0.339 e. The summed E-state index contributed by atoms with van der Waals surface area (Å²) in [6.45, 7) is 3.64. The number of benzene rings is 1. The highest BCUT2D eigenvalue weighted by Gasteiger charge is 2.16. The van der Waals surface area contributed by atoms with Crippen molar-refractivity contribution < 1.29 is 28.5 Å². The van der Waals surface area contributed by atoms with E-state index >= 15 is 0 Å². The third-order valence-corrected chi connectivity index (χ3v) is 4.78. The molecule has 8 heteroatoms. The summed E-state index contributed by atoms with van der Waals surface area (Å²) in [5.41, 5.74) is 1.25. The monoisotopic (exact) mass is 393 g/mol. The molecular formula is C19H23NO6S. The molecule has 0 fully saturated rings. The van der Waals surface area contributed by atoms with Crippen molar-refractivity contribution in [3.05, 3.63) is 39.1 Å². The van der Waals surface area contributed by atoms with Crippen molar-refractivity contribution >= 4 is 23.2 Å². The van der Waals surface area contributed by atoms with E-state index in [0.29, 0.717) is 22.8 Å². The molecule has 0 spiro atoms. The van der Waals surface area contributed by atoms with Gasteiger partial charge in [0.15, 0.2) is 18.1 Å². The average molecular weight is 393 g/mol. The van der Waals surface area contributed by atoms with Crippen molar-refractivity contribution in [3.8, 4) is 17.2 Å². The molecule has 0 saturated carbocycles. The number of hydrogen-bond acceptors (Lipinski definition) is 7. The maximum absolute atomic E-state index is 12.1. The number of hydrogen-bond donors (Lipinski definition) is 1. The minimum absolute atomic E-state index is 0.226. The topological polar surface area (TPSA) is 83.1 Å². The first-order valence-electron chi connectivity index (χ1n) is 8.19. The lowest BCUT2D eigenvalue weighted by atomic mass is 10.1. The lowest BCUT2D eigenvalue weighted by molar-refractivity contribution is -0.124. The van der Waals surface area contributed by atoms with Crippen LogP contribution in [0, 0.1) is 13.8 Å². The normalized spacial score (nSPS) is 10.3. The Morgan fingerprint density at radius 3 is 2.11 bits per heavy atom. The minimum Gasteiger partial charge on any atom is -0.493 e. The van der Waals surface area contributed by atoms with Gasteiger partial charge in [-0.25, -0.2) is 4.79 Å². The lowest BCUT2D eigenvalue weighted by Crippen LogP contribution is -2.28. The number of ether oxygens (including phenoxy) is 4. The highest BCUT2D eigenvalue weighted by atomic mass is 32.1. The van der Waals surface area contributed by atoms with E-state index < -0.39 is 11.9 Å². The molecule has 0 aliphatic heterocycles. The van der Waals surface area contributed by atoms with Gasteiger partial charge in [0.05, 0.1) is 26.9 Å². The molecule has 1 amide bonds. The van der Waals surface area contributed by atoms with Crippen molar-refractivity contribution in [3.63, 3.8) is 0 Å². The molecule has 1 N–H and O–H groups in total. The highest BCUT2D eigenvalue weighted by molar-refractivity contribution is 7.12. The molecule has 1 heterocycles. The first-order chi connectivity index (χ1) is 12.9. The Bertz CT molecular complexity index is 805. The van der Waals surface area contributed by atoms with Crippen LogP contribution in [0.5, 0.6) is 17.2 Å². The zero-order chi connectivity index (χ0) is 20.0. The lowest BCUT2D eigenvalue weighted by Gasteiger charge is -2.14. The third kappa shape index (κ3) is 5.13. The van der Waals surface area contributed by atoms with Crippen LogP contribution in [0.1, 0.15) is 25.7 Å². The number of methoxy groups -OCH3 is 3. The van der Waals surface area contributed by atoms with Crippen LogP contribution < -0.4 is 19.5 Å². The number of thiophene rings is 1. The molecule has 1 aromatic heterocycles. The fraction of sp³-hybridized carbons (Fsp3) is 0.368. The molecule has 0 unspecified atom stereocenters. The maximum atomic E-state index is 12.1. The molecule has 2 aromatic rings. The quantitative estimate of drug-likeness (QED) is 0.695. The molecule has 0 radical (unpaired) electrons. The van der Waals surface area contributed by atoms with Crippen molar-refractivity contribution in [1.29, 1.82) is 0 Å². The van der Waals surface area contributed by atoms with Crippen LogP contribution in [0.15, 0.2) is 18.2 Å². The Morgan fingerprint density at radius 1 is 1.00 bits per heavy atom. The van der Waals surface area contributed by atoms with Gasteiger partial charge in [-0.05, 0) is 37.6 Å². The molecule has 0 atom stereocenters. The van der Waals surface area contributed by atoms with Crippen LogP contribution in [0.3, 0.4) is 0 Å². The summed E-state index contributed by atoms with van der Waals surface area (Å²) < 4.78 is 20.9. The molecule has 0 aliphatic carbocycles. The number of rotatable bonds is 8. The fourth-order valence-corrected chi connectivity index (χ4v) is 3.44. The third-order valence-electron chi connectivity index (χ3n) is 3.81. The predicted molar refractivity (Wildman–Crippen MR) is 102 cm³/mol. The van der Waals surface area contributed by atoms with Gasteiger partial charge in [0.2, 0.25) is 5.75 Å². The Balaban J connectivity index is 1.93. The molecule has 146 valence electrons. The van der Waals surface area contributed by atoms with Gasteiger partial charge in [-0.1, -0.05) is 0 Å². The molecular weight excluding hydrogens is 370 g/mol. The zero-order valence-electron chi connectivity index (χ0n) is 16.0. The van der Waals surface area contributed by atoms with E-state index in [1.807, 2.05) is 13.8 Å². The molecule has 1 aromatic carbocycles. The van der Waals surface area contributed by atoms with Crippen molar-refractivity contribution in [2.45, 2.75) is 20.4 Å². The second-order valence-corrected chi connectivity index (χ2v) is 7.17. The highest BCUT2D eigenvalue weighted by Crippen LogP contribution is 2.38. The van der Waals surface area contributed by atoms with Crippen molar-refractivity contribution in [2.75, 3.05) is 27.9 Å². The first-order valence-corrected chi connectivity index (χ1v) is 9.01. The van der Waals surface area contributed by atoms with Crippen LogP contribution in [0.25, 0.3) is 0 Å². The van der Waals surface area contributed by atoms with E-state index in [0.717, 1.165) is 15.3 Å². The summed E-state index contributed by atoms with van der Waals surface area (Å²) in [5.74, 6) is 0.568. The Labute approximate surface area is 162 Å². The van der Waals surface area contributed by atoms with E-state index in [2.05, 4.69) is 5.32 Å². The zero-order valence-corrected chi connectivity index (χ0v) is 16.8. The van der Waals surface area contributed by atoms with Crippen LogP contribution in [-0.2, 0) is 16.1 Å². The van der Waals surface area contributed by atoms with Gasteiger partial charge in [0.25, 0.3) is 5.91 Å². The summed E-state index contributed by atoms with van der Waals surface area (Å²) in [4.78, 5) is 25.9. The van der Waals surface area contributed by atoms with E-state index in [1.165, 1.54) is 32.7 Å². The van der Waals surface area contributed by atoms with Crippen molar-refractivity contribution in [1.82, 2.24) is 5.32 Å². The fourth-order valence-electron chi connectivity index (χ4n) is 2.53. The number of carbonyl (C=O) groups excluding carboxylic acids is 2. The van der Waals surface area contributed by atoms with Gasteiger partial charge in [0, 0.05) is 16.3 Å². The standard InChI is InChI=1S/C19H23NO6S/c1-11-6-14(12(2)27-11)19(22)26-10-17(21)20-9-13-7-15(23-3)18(25-5)16(8-13)24-4/h6-8H,9-10H2,1-5H3,(H,20,21). The molecule has 0 bridgehead atoms. The summed E-state index contributed by atoms with van der Waals surface area (Å²) in [6.07, 6.45) is 0. The number of esters is 1. The second-order valence-electron chi connectivity index (χ2n) is 5.71. The molecule has 0 saturated heterocycles. The molecule has 27 heavy (non-hydrogen) atoms. The van der Waals surface area contributed by atoms with E-state index in [4.69, 9.17) is 18.9 Å². The number of carbonyl (C=O) groups is 2. The van der Waals surface area contributed by atoms with Gasteiger partial charge in [-0.2, -0.15) is 0 Å². The summed E-state index contributed by atoms with van der Waals surface area (Å²) in [7, 11) is 4.56. The SMILES string of the molecule is COc1cc(CNC(=O)COC(=O)c2cc(C)sc2C)cc(OC)c1OC. The first kappa shape index (κ1) is 20.6. The van der Waals surface area contributed by atoms with Crippen molar-refractivity contribution in [2.24, 2.45) is 0 Å². The summed E-state index contributed by atoms with van der Waals surface area (Å²) in [6, 6.07) is 5.24. The van der Waals surface area contributed by atoms with Gasteiger partial charge in [-0.15, -0.1) is 11.3 Å². The van der Waals surface area contributed by atoms with Gasteiger partial charge < -0.3 is 24.3 Å². The van der Waals surface area contributed by atoms with Crippen LogP contribution in [0.2, 0.25) is 0 Å². The van der Waals surface area contributed by atoms with Crippen LogP contribution in [-0.4, -0.2) is 39.8 Å². The van der Waals surface area contributed by atoms with Crippen LogP contribution >= 0.6 is 11.3 Å². The van der Waals surface area contributed by atoms with Crippen LogP contribution in [0.4, 0.5) is 0 Å². The molecule has 0 aliphatic rings. The Hall–Kier alpha value is -2.74. The van der Waals surface area contributed by atoms with E-state index in [9.17, 15) is 9.59 Å². The van der Waals surface area contributed by atoms with Gasteiger partial charge in [0.1, 0.15) is 0 Å².